The first-order valence-corrected chi connectivity index (χ1v) is 12.1. The Kier molecular flexibility index (Phi) is 9.24. The number of hydrogen-bond donors (Lipinski definition) is 2. The Balaban J connectivity index is 1.63. The summed E-state index contributed by atoms with van der Waals surface area (Å²) < 4.78 is 5.68. The predicted octanol–water partition coefficient (Wildman–Crippen LogP) is 5.40. The summed E-state index contributed by atoms with van der Waals surface area (Å²) in [6, 6.07) is 14.5. The second kappa shape index (κ2) is 12.3. The van der Waals surface area contributed by atoms with Crippen LogP contribution in [-0.2, 0) is 0 Å². The van der Waals surface area contributed by atoms with Crippen molar-refractivity contribution in [1.29, 1.82) is 0 Å². The van der Waals surface area contributed by atoms with E-state index in [9.17, 15) is 9.59 Å². The van der Waals surface area contributed by atoms with Crippen molar-refractivity contribution in [3.63, 3.8) is 0 Å². The van der Waals surface area contributed by atoms with Crippen molar-refractivity contribution in [3.8, 4) is 5.75 Å². The molecule has 7 heteroatoms. The lowest BCUT2D eigenvalue weighted by Crippen LogP contribution is -2.39. The van der Waals surface area contributed by atoms with Crippen LogP contribution < -0.4 is 15.4 Å². The molecule has 1 aliphatic rings. The molecule has 0 spiro atoms. The van der Waals surface area contributed by atoms with Gasteiger partial charge in [0.15, 0.2) is 5.11 Å². The number of carbonyl (C=O) groups excluding carboxylic acids is 2. The number of ether oxygens (including phenoxy) is 1. The van der Waals surface area contributed by atoms with Crippen LogP contribution in [0.1, 0.15) is 72.6 Å². The molecule has 3 rings (SSSR count). The first-order valence-electron chi connectivity index (χ1n) is 11.7. The smallest absolute Gasteiger partial charge is 0.257 e. The summed E-state index contributed by atoms with van der Waals surface area (Å²) in [5.74, 6) is 0.268. The maximum Gasteiger partial charge on any atom is 0.257 e. The fourth-order valence-corrected chi connectivity index (χ4v) is 4.20. The normalized spacial score (nSPS) is 13.8. The zero-order chi connectivity index (χ0) is 23.6. The highest BCUT2D eigenvalue weighted by molar-refractivity contribution is 7.80. The van der Waals surface area contributed by atoms with Gasteiger partial charge in [-0.2, -0.15) is 0 Å². The van der Waals surface area contributed by atoms with Crippen LogP contribution in [0.25, 0.3) is 0 Å². The summed E-state index contributed by atoms with van der Waals surface area (Å²) >= 11 is 5.37. The van der Waals surface area contributed by atoms with Crippen molar-refractivity contribution in [3.05, 3.63) is 59.7 Å². The van der Waals surface area contributed by atoms with Crippen molar-refractivity contribution in [2.75, 3.05) is 19.0 Å². The van der Waals surface area contributed by atoms with Gasteiger partial charge in [0, 0.05) is 18.7 Å². The number of unbranched alkanes of at least 4 members (excludes halogenated alkanes) is 1. The molecular formula is C26H33N3O3S. The lowest BCUT2D eigenvalue weighted by atomic mass is 9.94. The van der Waals surface area contributed by atoms with Crippen LogP contribution in [0.5, 0.6) is 5.75 Å². The van der Waals surface area contributed by atoms with Gasteiger partial charge in [0.2, 0.25) is 0 Å². The van der Waals surface area contributed by atoms with Crippen molar-refractivity contribution in [2.45, 2.75) is 57.9 Å². The van der Waals surface area contributed by atoms with E-state index in [0.29, 0.717) is 29.2 Å². The van der Waals surface area contributed by atoms with Crippen molar-refractivity contribution >= 4 is 34.8 Å². The number of amides is 2. The predicted molar refractivity (Wildman–Crippen MR) is 136 cm³/mol. The number of rotatable bonds is 8. The van der Waals surface area contributed by atoms with Gasteiger partial charge in [-0.05, 0) is 61.8 Å². The second-order valence-electron chi connectivity index (χ2n) is 8.39. The third kappa shape index (κ3) is 7.02. The van der Waals surface area contributed by atoms with Gasteiger partial charge in [0.25, 0.3) is 11.8 Å². The first-order chi connectivity index (χ1) is 16.0. The van der Waals surface area contributed by atoms with Gasteiger partial charge in [-0.3, -0.25) is 14.9 Å². The molecule has 2 aromatic carbocycles. The Morgan fingerprint density at radius 3 is 2.61 bits per heavy atom. The zero-order valence-electron chi connectivity index (χ0n) is 19.4. The Labute approximate surface area is 201 Å². The molecule has 0 bridgehead atoms. The van der Waals surface area contributed by atoms with E-state index in [2.05, 4.69) is 17.6 Å². The standard InChI is InChI=1S/C26H33N3O3S/c1-3-4-17-32-21-14-10-11-19(18-21)24(30)28-26(33)27-23-16-9-8-15-22(23)25(31)29(2)20-12-6-5-7-13-20/h8-11,14-16,18,20H,3-7,12-13,17H2,1-2H3,(H2,27,28,30,33). The van der Waals surface area contributed by atoms with Crippen molar-refractivity contribution < 1.29 is 14.3 Å². The van der Waals surface area contributed by atoms with Crippen molar-refractivity contribution in [2.24, 2.45) is 0 Å². The van der Waals surface area contributed by atoms with Gasteiger partial charge in [0.1, 0.15) is 5.75 Å². The fraction of sp³-hybridized carbons (Fsp3) is 0.423. The lowest BCUT2D eigenvalue weighted by molar-refractivity contribution is 0.0697. The minimum atomic E-state index is -0.337. The second-order valence-corrected chi connectivity index (χ2v) is 8.80. The van der Waals surface area contributed by atoms with E-state index in [-0.39, 0.29) is 23.0 Å². The van der Waals surface area contributed by atoms with Crippen molar-refractivity contribution in [1.82, 2.24) is 10.2 Å². The molecule has 0 aromatic heterocycles. The van der Waals surface area contributed by atoms with E-state index in [1.165, 1.54) is 6.42 Å². The molecule has 6 nitrogen and oxygen atoms in total. The summed E-state index contributed by atoms with van der Waals surface area (Å²) in [7, 11) is 1.87. The zero-order valence-corrected chi connectivity index (χ0v) is 20.2. The number of carbonyl (C=O) groups is 2. The lowest BCUT2D eigenvalue weighted by Gasteiger charge is -2.31. The fourth-order valence-electron chi connectivity index (χ4n) is 3.99. The average Bonchev–Trinajstić information content (AvgIpc) is 2.84. The number of para-hydroxylation sites is 1. The molecule has 2 amide bonds. The Morgan fingerprint density at radius 2 is 1.85 bits per heavy atom. The molecule has 1 fully saturated rings. The van der Waals surface area contributed by atoms with Gasteiger partial charge in [-0.1, -0.05) is 50.8 Å². The Morgan fingerprint density at radius 1 is 1.09 bits per heavy atom. The number of anilines is 1. The average molecular weight is 468 g/mol. The van der Waals surface area contributed by atoms with Crippen LogP contribution in [-0.4, -0.2) is 41.5 Å². The molecule has 1 saturated carbocycles. The maximum absolute atomic E-state index is 13.2. The SMILES string of the molecule is CCCCOc1cccc(C(=O)NC(=S)Nc2ccccc2C(=O)N(C)C2CCCCC2)c1. The quantitative estimate of drug-likeness (QED) is 0.402. The monoisotopic (exact) mass is 467 g/mol. The molecule has 0 atom stereocenters. The molecule has 2 aromatic rings. The van der Waals surface area contributed by atoms with E-state index in [4.69, 9.17) is 17.0 Å². The van der Waals surface area contributed by atoms with Gasteiger partial charge in [-0.15, -0.1) is 0 Å². The van der Waals surface area contributed by atoms with Crippen LogP contribution in [0.3, 0.4) is 0 Å². The van der Waals surface area contributed by atoms with Crippen LogP contribution in [0.15, 0.2) is 48.5 Å². The molecule has 0 saturated heterocycles. The summed E-state index contributed by atoms with van der Waals surface area (Å²) in [6.45, 7) is 2.71. The molecule has 33 heavy (non-hydrogen) atoms. The number of thiocarbonyl (C=S) groups is 1. The molecular weight excluding hydrogens is 434 g/mol. The van der Waals surface area contributed by atoms with Gasteiger partial charge < -0.3 is 15.0 Å². The summed E-state index contributed by atoms with van der Waals surface area (Å²) in [6.07, 6.45) is 7.62. The highest BCUT2D eigenvalue weighted by atomic mass is 32.1. The molecule has 176 valence electrons. The van der Waals surface area contributed by atoms with Gasteiger partial charge in [0.05, 0.1) is 17.9 Å². The highest BCUT2D eigenvalue weighted by Crippen LogP contribution is 2.25. The third-order valence-electron chi connectivity index (χ3n) is 5.94. The largest absolute Gasteiger partial charge is 0.494 e. The summed E-state index contributed by atoms with van der Waals surface area (Å²) in [5, 5.41) is 5.86. The first kappa shape index (κ1) is 24.7. The van der Waals surface area contributed by atoms with Crippen LogP contribution in [0.2, 0.25) is 0 Å². The van der Waals surface area contributed by atoms with E-state index in [0.717, 1.165) is 38.5 Å². The van der Waals surface area contributed by atoms with E-state index in [1.54, 1.807) is 30.3 Å². The van der Waals surface area contributed by atoms with E-state index >= 15 is 0 Å². The number of hydrogen-bond acceptors (Lipinski definition) is 4. The molecule has 1 aliphatic carbocycles. The molecule has 0 heterocycles. The van der Waals surface area contributed by atoms with Gasteiger partial charge in [-0.25, -0.2) is 0 Å². The van der Waals surface area contributed by atoms with Crippen LogP contribution >= 0.6 is 12.2 Å². The number of nitrogens with zero attached hydrogens (tertiary/aromatic N) is 1. The Bertz CT molecular complexity index is 973. The molecule has 2 N–H and O–H groups in total. The highest BCUT2D eigenvalue weighted by Gasteiger charge is 2.24. The topological polar surface area (TPSA) is 70.7 Å². The number of benzene rings is 2. The van der Waals surface area contributed by atoms with Gasteiger partial charge >= 0.3 is 0 Å². The molecule has 0 radical (unpaired) electrons. The third-order valence-corrected chi connectivity index (χ3v) is 6.14. The number of nitrogens with one attached hydrogen (secondary N) is 2. The molecule has 0 unspecified atom stereocenters. The minimum absolute atomic E-state index is 0.0453. The summed E-state index contributed by atoms with van der Waals surface area (Å²) in [5.41, 5.74) is 1.56. The Hall–Kier alpha value is -2.93. The minimum Gasteiger partial charge on any atom is -0.494 e. The maximum atomic E-state index is 13.2. The van der Waals surface area contributed by atoms with Crippen LogP contribution in [0, 0.1) is 0 Å². The summed E-state index contributed by atoms with van der Waals surface area (Å²) in [4.78, 5) is 27.7. The van der Waals surface area contributed by atoms with Crippen LogP contribution in [0.4, 0.5) is 5.69 Å². The van der Waals surface area contributed by atoms with E-state index in [1.807, 2.05) is 30.1 Å². The molecule has 0 aliphatic heterocycles. The van der Waals surface area contributed by atoms with E-state index < -0.39 is 0 Å².